The highest BCUT2D eigenvalue weighted by Crippen LogP contribution is 2.35. The highest BCUT2D eigenvalue weighted by Gasteiger charge is 2.29. The highest BCUT2D eigenvalue weighted by atomic mass is 79.9. The van der Waals surface area contributed by atoms with Gasteiger partial charge < -0.3 is 5.32 Å². The van der Waals surface area contributed by atoms with Crippen LogP contribution in [0.2, 0.25) is 0 Å². The normalized spacial score (nSPS) is 22.7. The molecule has 1 nitrogen and oxygen atoms in total. The third kappa shape index (κ3) is 3.79. The van der Waals surface area contributed by atoms with Crippen LogP contribution in [0.5, 0.6) is 0 Å². The van der Waals surface area contributed by atoms with Crippen LogP contribution in [-0.2, 0) is 6.42 Å². The van der Waals surface area contributed by atoms with Crippen molar-refractivity contribution in [1.82, 2.24) is 5.32 Å². The van der Waals surface area contributed by atoms with Gasteiger partial charge in [-0.3, -0.25) is 0 Å². The molecule has 1 fully saturated rings. The molecular weight excluding hydrogens is 324 g/mol. The average molecular weight is 346 g/mol. The van der Waals surface area contributed by atoms with Crippen molar-refractivity contribution >= 4 is 15.9 Å². The van der Waals surface area contributed by atoms with Crippen molar-refractivity contribution in [3.63, 3.8) is 0 Å². The fourth-order valence-corrected chi connectivity index (χ4v) is 3.43. The Morgan fingerprint density at radius 1 is 1.25 bits per heavy atom. The first-order valence-corrected chi connectivity index (χ1v) is 8.14. The number of rotatable bonds is 5. The molecule has 0 heterocycles. The zero-order valence-electron chi connectivity index (χ0n) is 12.1. The molecule has 0 bridgehead atoms. The molecule has 1 aliphatic carbocycles. The van der Waals surface area contributed by atoms with Gasteiger partial charge in [-0.1, -0.05) is 20.3 Å². The van der Waals surface area contributed by atoms with E-state index in [1.807, 2.05) is 0 Å². The molecule has 0 amide bonds. The van der Waals surface area contributed by atoms with Crippen molar-refractivity contribution in [3.05, 3.63) is 33.8 Å². The topological polar surface area (TPSA) is 12.0 Å². The molecule has 2 rings (SSSR count). The van der Waals surface area contributed by atoms with E-state index in [0.29, 0.717) is 28.8 Å². The Balaban J connectivity index is 2.07. The van der Waals surface area contributed by atoms with Gasteiger partial charge in [0.25, 0.3) is 0 Å². The minimum Gasteiger partial charge on any atom is -0.314 e. The van der Waals surface area contributed by atoms with Crippen LogP contribution in [0.15, 0.2) is 16.6 Å². The van der Waals surface area contributed by atoms with Crippen molar-refractivity contribution in [2.75, 3.05) is 6.54 Å². The molecular formula is C16H22BrF2N. The Kier molecular flexibility index (Phi) is 5.56. The van der Waals surface area contributed by atoms with Crippen LogP contribution in [-0.4, -0.2) is 12.6 Å². The number of halogens is 3. The van der Waals surface area contributed by atoms with E-state index in [1.54, 1.807) is 0 Å². The van der Waals surface area contributed by atoms with E-state index in [0.717, 1.165) is 25.8 Å². The summed E-state index contributed by atoms with van der Waals surface area (Å²) < 4.78 is 28.3. The van der Waals surface area contributed by atoms with Crippen molar-refractivity contribution in [3.8, 4) is 0 Å². The zero-order chi connectivity index (χ0) is 14.7. The monoisotopic (exact) mass is 345 g/mol. The summed E-state index contributed by atoms with van der Waals surface area (Å²) in [5, 5.41) is 3.45. The molecule has 20 heavy (non-hydrogen) atoms. The van der Waals surface area contributed by atoms with Gasteiger partial charge in [-0.15, -0.1) is 0 Å². The van der Waals surface area contributed by atoms with Crippen LogP contribution in [0.3, 0.4) is 0 Å². The number of benzene rings is 1. The van der Waals surface area contributed by atoms with Crippen LogP contribution >= 0.6 is 15.9 Å². The van der Waals surface area contributed by atoms with Crippen LogP contribution in [0.1, 0.15) is 38.7 Å². The lowest BCUT2D eigenvalue weighted by atomic mass is 9.89. The molecule has 0 aromatic heterocycles. The predicted molar refractivity (Wildman–Crippen MR) is 81.7 cm³/mol. The first-order chi connectivity index (χ1) is 9.49. The summed E-state index contributed by atoms with van der Waals surface area (Å²) in [4.78, 5) is 0. The van der Waals surface area contributed by atoms with Gasteiger partial charge in [-0.2, -0.15) is 0 Å². The molecule has 2 unspecified atom stereocenters. The number of hydrogen-bond acceptors (Lipinski definition) is 1. The van der Waals surface area contributed by atoms with Gasteiger partial charge in [-0.25, -0.2) is 8.78 Å². The lowest BCUT2D eigenvalue weighted by Crippen LogP contribution is -2.31. The molecule has 112 valence electrons. The molecule has 0 spiro atoms. The van der Waals surface area contributed by atoms with Crippen LogP contribution in [0.4, 0.5) is 8.78 Å². The summed E-state index contributed by atoms with van der Waals surface area (Å²) in [5.74, 6) is 0.0374. The van der Waals surface area contributed by atoms with Crippen LogP contribution in [0.25, 0.3) is 0 Å². The summed E-state index contributed by atoms with van der Waals surface area (Å²) in [6.45, 7) is 5.19. The maximum absolute atomic E-state index is 14.1. The molecule has 1 saturated carbocycles. The molecule has 2 atom stereocenters. The minimum absolute atomic E-state index is 0.237. The Bertz CT molecular complexity index is 462. The third-order valence-corrected chi connectivity index (χ3v) is 4.82. The molecule has 0 aliphatic heterocycles. The quantitative estimate of drug-likeness (QED) is 0.763. The van der Waals surface area contributed by atoms with Gasteiger partial charge in [0.2, 0.25) is 0 Å². The Morgan fingerprint density at radius 2 is 1.95 bits per heavy atom. The predicted octanol–water partition coefficient (Wildman–Crippen LogP) is 4.68. The zero-order valence-corrected chi connectivity index (χ0v) is 13.6. The van der Waals surface area contributed by atoms with Crippen LogP contribution in [0, 0.1) is 23.5 Å². The van der Waals surface area contributed by atoms with Crippen molar-refractivity contribution in [2.24, 2.45) is 11.8 Å². The largest absolute Gasteiger partial charge is 0.314 e. The second-order valence-corrected chi connectivity index (χ2v) is 6.89. The maximum Gasteiger partial charge on any atom is 0.143 e. The Labute approximate surface area is 128 Å². The Hall–Kier alpha value is -0.480. The summed E-state index contributed by atoms with van der Waals surface area (Å²) in [5.41, 5.74) is 0.237. The average Bonchev–Trinajstić information content (AvgIpc) is 2.84. The highest BCUT2D eigenvalue weighted by molar-refractivity contribution is 9.10. The van der Waals surface area contributed by atoms with Gasteiger partial charge in [0.15, 0.2) is 0 Å². The third-order valence-electron chi connectivity index (χ3n) is 4.21. The van der Waals surface area contributed by atoms with Gasteiger partial charge >= 0.3 is 0 Å². The van der Waals surface area contributed by atoms with E-state index in [2.05, 4.69) is 35.1 Å². The van der Waals surface area contributed by atoms with Gasteiger partial charge in [0.1, 0.15) is 11.6 Å². The fourth-order valence-electron chi connectivity index (χ4n) is 3.06. The number of nitrogens with one attached hydrogen (secondary N) is 1. The molecule has 4 heteroatoms. The Morgan fingerprint density at radius 3 is 2.65 bits per heavy atom. The van der Waals surface area contributed by atoms with Gasteiger partial charge in [0, 0.05) is 11.6 Å². The van der Waals surface area contributed by atoms with E-state index < -0.39 is 11.6 Å². The van der Waals surface area contributed by atoms with Crippen molar-refractivity contribution in [2.45, 2.75) is 45.6 Å². The fraction of sp³-hybridized carbons (Fsp3) is 0.625. The molecule has 1 N–H and O–H groups in total. The van der Waals surface area contributed by atoms with Gasteiger partial charge in [-0.05, 0) is 65.7 Å². The summed E-state index contributed by atoms with van der Waals surface area (Å²) >= 11 is 3.14. The lowest BCUT2D eigenvalue weighted by molar-refractivity contribution is 0.346. The molecule has 1 aromatic rings. The van der Waals surface area contributed by atoms with E-state index in [-0.39, 0.29) is 5.56 Å². The molecule has 1 aliphatic rings. The lowest BCUT2D eigenvalue weighted by Gasteiger charge is -2.22. The van der Waals surface area contributed by atoms with Crippen molar-refractivity contribution in [1.29, 1.82) is 0 Å². The summed E-state index contributed by atoms with van der Waals surface area (Å²) in [6.07, 6.45) is 3.88. The first kappa shape index (κ1) is 15.9. The van der Waals surface area contributed by atoms with Crippen molar-refractivity contribution < 1.29 is 8.78 Å². The second-order valence-electron chi connectivity index (χ2n) is 6.04. The van der Waals surface area contributed by atoms with Gasteiger partial charge in [0.05, 0.1) is 4.47 Å². The standard InChI is InChI=1S/C16H22BrF2N/c1-10(2)20-9-12-5-3-4-11(12)8-13-15(18)7-6-14(17)16(13)19/h6-7,10-12,20H,3-5,8-9H2,1-2H3. The van der Waals surface area contributed by atoms with E-state index >= 15 is 0 Å². The molecule has 1 aromatic carbocycles. The SMILES string of the molecule is CC(C)NCC1CCCC1Cc1c(F)ccc(Br)c1F. The minimum atomic E-state index is -0.438. The maximum atomic E-state index is 14.1. The smallest absolute Gasteiger partial charge is 0.143 e. The molecule has 0 radical (unpaired) electrons. The van der Waals surface area contributed by atoms with E-state index in [1.165, 1.54) is 12.1 Å². The second kappa shape index (κ2) is 6.99. The van der Waals surface area contributed by atoms with Crippen LogP contribution < -0.4 is 5.32 Å². The summed E-state index contributed by atoms with van der Waals surface area (Å²) in [7, 11) is 0. The number of hydrogen-bond donors (Lipinski definition) is 1. The van der Waals surface area contributed by atoms with E-state index in [4.69, 9.17) is 0 Å². The summed E-state index contributed by atoms with van der Waals surface area (Å²) in [6, 6.07) is 3.23. The van der Waals surface area contributed by atoms with E-state index in [9.17, 15) is 8.78 Å². The first-order valence-electron chi connectivity index (χ1n) is 7.34. The molecule has 0 saturated heterocycles.